The topological polar surface area (TPSA) is 87.2 Å². The van der Waals surface area contributed by atoms with Crippen molar-refractivity contribution in [1.82, 2.24) is 39.0 Å². The van der Waals surface area contributed by atoms with Gasteiger partial charge in [0, 0.05) is 89.5 Å². The van der Waals surface area contributed by atoms with Crippen LogP contribution >= 0.6 is 0 Å². The quantitative estimate of drug-likeness (QED) is 0.128. The van der Waals surface area contributed by atoms with Crippen LogP contribution < -0.4 is 0 Å². The molecule has 0 aliphatic rings. The Hall–Kier alpha value is -12.8. The summed E-state index contributed by atoms with van der Waals surface area (Å²) in [6.45, 7) is 0. The standard InChI is InChI=1S/C86H54N8/c1-5-17-81-71(13-1)72-14-2-6-18-82(72)93(81)69-43-37-63(38-44-69)85-89-77(53-79(91-85)61-33-25-57(26-34-61)65-41-47-75-67(51-65)11-9-49-87-75)59-29-21-55(22-30-59)56-23-31-60(32-24-56)78-54-80(62-35-27-58(28-36-62)66-42-48-76-68(52-66)12-10-50-88-76)92-86(90-78)64-39-45-70(46-40-64)94-83-19-7-3-15-73(83)74-16-4-8-20-84(74)94/h1-54H. The molecule has 94 heavy (non-hydrogen) atoms. The molecule has 0 aliphatic heterocycles. The first-order chi connectivity index (χ1) is 46.5. The number of fused-ring (bicyclic) bond motifs is 8. The summed E-state index contributed by atoms with van der Waals surface area (Å²) >= 11 is 0. The van der Waals surface area contributed by atoms with Gasteiger partial charge in [0.25, 0.3) is 0 Å². The summed E-state index contributed by atoms with van der Waals surface area (Å²) in [5.41, 5.74) is 24.6. The van der Waals surface area contributed by atoms with Gasteiger partial charge < -0.3 is 9.13 Å². The first-order valence-corrected chi connectivity index (χ1v) is 31.6. The van der Waals surface area contributed by atoms with Crippen molar-refractivity contribution in [3.63, 3.8) is 0 Å². The first-order valence-electron chi connectivity index (χ1n) is 31.6. The van der Waals surface area contributed by atoms with Gasteiger partial charge in [-0.05, 0) is 155 Å². The Balaban J connectivity index is 0.677. The lowest BCUT2D eigenvalue weighted by Gasteiger charge is -2.13. The molecule has 438 valence electrons. The molecule has 0 amide bonds. The minimum atomic E-state index is 0.649. The van der Waals surface area contributed by atoms with Gasteiger partial charge in [0.05, 0.1) is 55.9 Å². The first kappa shape index (κ1) is 54.2. The Labute approximate surface area is 541 Å². The second-order valence-corrected chi connectivity index (χ2v) is 23.9. The molecule has 8 heteroatoms. The van der Waals surface area contributed by atoms with Crippen molar-refractivity contribution in [3.8, 4) is 113 Å². The van der Waals surface area contributed by atoms with E-state index in [2.05, 4.69) is 322 Å². The zero-order valence-electron chi connectivity index (χ0n) is 50.8. The lowest BCUT2D eigenvalue weighted by molar-refractivity contribution is 1.16. The molecule has 0 saturated carbocycles. The maximum Gasteiger partial charge on any atom is 0.160 e. The molecule has 0 saturated heterocycles. The minimum absolute atomic E-state index is 0.649. The molecule has 0 atom stereocenters. The smallest absolute Gasteiger partial charge is 0.160 e. The number of hydrogen-bond donors (Lipinski definition) is 0. The summed E-state index contributed by atoms with van der Waals surface area (Å²) in [6.07, 6.45) is 3.67. The molecular formula is C86H54N8. The Morgan fingerprint density at radius 1 is 0.202 bits per heavy atom. The third kappa shape index (κ3) is 9.73. The van der Waals surface area contributed by atoms with E-state index in [4.69, 9.17) is 19.9 Å². The van der Waals surface area contributed by atoms with Gasteiger partial charge in [-0.25, -0.2) is 19.9 Å². The monoisotopic (exact) mass is 1200 g/mol. The van der Waals surface area contributed by atoms with Crippen LogP contribution in [0, 0.1) is 0 Å². The molecule has 0 N–H and O–H groups in total. The average molecular weight is 1200 g/mol. The van der Waals surface area contributed by atoms with Crippen LogP contribution in [0.15, 0.2) is 328 Å². The molecule has 0 aliphatic carbocycles. The minimum Gasteiger partial charge on any atom is -0.309 e. The Morgan fingerprint density at radius 3 is 0.787 bits per heavy atom. The third-order valence-electron chi connectivity index (χ3n) is 18.3. The van der Waals surface area contributed by atoms with Crippen molar-refractivity contribution in [2.24, 2.45) is 0 Å². The SMILES string of the molecule is c1cnc2ccc(-c3ccc(-c4cc(-c5ccc(-c6ccc(-c7cc(-c8ccc(-c9ccc%10ncccc%10c9)cc8)nc(-c8ccc(-n9c%10ccccc%10c%10ccccc%109)cc8)n7)cc6)cc5)nc(-c5ccc(-n6c7ccccc7c7ccccc76)cc5)n4)cc3)cc2c1. The van der Waals surface area contributed by atoms with E-state index >= 15 is 0 Å². The maximum atomic E-state index is 5.32. The van der Waals surface area contributed by atoms with E-state index in [0.717, 1.165) is 123 Å². The van der Waals surface area contributed by atoms with Crippen LogP contribution in [-0.2, 0) is 0 Å². The van der Waals surface area contributed by atoms with Gasteiger partial charge in [-0.1, -0.05) is 194 Å². The fourth-order valence-electron chi connectivity index (χ4n) is 13.5. The predicted octanol–water partition coefficient (Wildman–Crippen LogP) is 21.6. The molecule has 0 bridgehead atoms. The van der Waals surface area contributed by atoms with Gasteiger partial charge in [0.2, 0.25) is 0 Å². The molecule has 18 aromatic rings. The summed E-state index contributed by atoms with van der Waals surface area (Å²) in [6, 6.07) is 112. The highest BCUT2D eigenvalue weighted by Crippen LogP contribution is 2.38. The van der Waals surface area contributed by atoms with Crippen LogP contribution in [-0.4, -0.2) is 39.0 Å². The second-order valence-electron chi connectivity index (χ2n) is 23.9. The van der Waals surface area contributed by atoms with E-state index in [1.54, 1.807) is 0 Å². The van der Waals surface area contributed by atoms with Gasteiger partial charge in [-0.3, -0.25) is 9.97 Å². The van der Waals surface area contributed by atoms with E-state index in [1.165, 1.54) is 43.6 Å². The molecule has 12 aromatic carbocycles. The van der Waals surface area contributed by atoms with Crippen molar-refractivity contribution >= 4 is 65.4 Å². The normalized spacial score (nSPS) is 11.6. The van der Waals surface area contributed by atoms with E-state index in [0.29, 0.717) is 11.6 Å². The van der Waals surface area contributed by atoms with Gasteiger partial charge in [0.1, 0.15) is 0 Å². The molecule has 0 radical (unpaired) electrons. The van der Waals surface area contributed by atoms with E-state index in [9.17, 15) is 0 Å². The molecule has 0 spiro atoms. The molecular weight excluding hydrogens is 1150 g/mol. The zero-order chi connectivity index (χ0) is 62.1. The van der Waals surface area contributed by atoms with Crippen molar-refractivity contribution in [3.05, 3.63) is 328 Å². The molecule has 8 nitrogen and oxygen atoms in total. The van der Waals surface area contributed by atoms with Crippen LogP contribution in [0.1, 0.15) is 0 Å². The Morgan fingerprint density at radius 2 is 0.468 bits per heavy atom. The number of para-hydroxylation sites is 4. The molecule has 18 rings (SSSR count). The van der Waals surface area contributed by atoms with Crippen molar-refractivity contribution < 1.29 is 0 Å². The summed E-state index contributed by atoms with van der Waals surface area (Å²) in [5, 5.41) is 7.12. The molecule has 6 heterocycles. The van der Waals surface area contributed by atoms with E-state index in [1.807, 2.05) is 24.5 Å². The van der Waals surface area contributed by atoms with Crippen LogP contribution in [0.5, 0.6) is 0 Å². The highest BCUT2D eigenvalue weighted by molar-refractivity contribution is 6.10. The fourth-order valence-corrected chi connectivity index (χ4v) is 13.5. The third-order valence-corrected chi connectivity index (χ3v) is 18.3. The van der Waals surface area contributed by atoms with Gasteiger partial charge in [0.15, 0.2) is 11.6 Å². The number of rotatable bonds is 11. The predicted molar refractivity (Wildman–Crippen MR) is 386 cm³/mol. The van der Waals surface area contributed by atoms with Crippen LogP contribution in [0.3, 0.4) is 0 Å². The van der Waals surface area contributed by atoms with Crippen molar-refractivity contribution in [2.75, 3.05) is 0 Å². The molecule has 0 unspecified atom stereocenters. The number of benzene rings is 12. The Bertz CT molecular complexity index is 5460. The number of pyridine rings is 2. The van der Waals surface area contributed by atoms with Crippen LogP contribution in [0.4, 0.5) is 0 Å². The number of nitrogens with zero attached hydrogens (tertiary/aromatic N) is 8. The molecule has 0 fully saturated rings. The Kier molecular flexibility index (Phi) is 13.0. The summed E-state index contributed by atoms with van der Waals surface area (Å²) in [7, 11) is 0. The van der Waals surface area contributed by atoms with E-state index < -0.39 is 0 Å². The maximum absolute atomic E-state index is 5.32. The molecule has 6 aromatic heterocycles. The zero-order valence-corrected chi connectivity index (χ0v) is 50.8. The average Bonchev–Trinajstić information content (AvgIpc) is 1.58. The second kappa shape index (κ2) is 22.6. The fraction of sp³-hybridized carbons (Fsp3) is 0. The van der Waals surface area contributed by atoms with Crippen molar-refractivity contribution in [1.29, 1.82) is 0 Å². The summed E-state index contributed by atoms with van der Waals surface area (Å²) < 4.78 is 4.67. The van der Waals surface area contributed by atoms with Crippen LogP contribution in [0.2, 0.25) is 0 Å². The highest BCUT2D eigenvalue weighted by atomic mass is 15.0. The van der Waals surface area contributed by atoms with Gasteiger partial charge >= 0.3 is 0 Å². The number of aromatic nitrogens is 8. The van der Waals surface area contributed by atoms with E-state index in [-0.39, 0.29) is 0 Å². The lowest BCUT2D eigenvalue weighted by atomic mass is 9.98. The van der Waals surface area contributed by atoms with Gasteiger partial charge in [-0.15, -0.1) is 0 Å². The highest BCUT2D eigenvalue weighted by Gasteiger charge is 2.18. The van der Waals surface area contributed by atoms with Crippen LogP contribution in [0.25, 0.3) is 178 Å². The summed E-state index contributed by atoms with van der Waals surface area (Å²) in [5.74, 6) is 1.30. The van der Waals surface area contributed by atoms with Crippen molar-refractivity contribution in [2.45, 2.75) is 0 Å². The van der Waals surface area contributed by atoms with Gasteiger partial charge in [-0.2, -0.15) is 0 Å². The lowest BCUT2D eigenvalue weighted by Crippen LogP contribution is -1.97. The summed E-state index contributed by atoms with van der Waals surface area (Å²) in [4.78, 5) is 30.3. The largest absolute Gasteiger partial charge is 0.309 e. The number of hydrogen-bond acceptors (Lipinski definition) is 6.